The number of para-hydroxylation sites is 1. The molecule has 0 unspecified atom stereocenters. The summed E-state index contributed by atoms with van der Waals surface area (Å²) in [5, 5.41) is 16.4. The maximum absolute atomic E-state index is 14.1. The lowest BCUT2D eigenvalue weighted by molar-refractivity contribution is -0.387. The van der Waals surface area contributed by atoms with Crippen LogP contribution in [0.4, 0.5) is 11.4 Å². The molecule has 0 N–H and O–H groups in total. The van der Waals surface area contributed by atoms with Crippen molar-refractivity contribution in [3.05, 3.63) is 107 Å². The standard InChI is InChI=1S/C35H43N7O4S/c1-37-22-24-39(25-23-37)32-14-12-30(13-15-32)31-26-36-40(28-31)18-7-19-41(47(45,46)35-11-6-5-10-34(35)42(43)44)33-16-20-38(21-17-33)27-29-8-3-2-4-9-29/h2-6,8-15,26,28,33H,7,16-25,27H2,1H3. The van der Waals surface area contributed by atoms with Crippen molar-refractivity contribution in [3.8, 4) is 11.1 Å². The van der Waals surface area contributed by atoms with Gasteiger partial charge in [-0.1, -0.05) is 54.6 Å². The summed E-state index contributed by atoms with van der Waals surface area (Å²) in [5.74, 6) is 0. The molecule has 0 spiro atoms. The van der Waals surface area contributed by atoms with Gasteiger partial charge >= 0.3 is 0 Å². The number of piperidine rings is 1. The van der Waals surface area contributed by atoms with Gasteiger partial charge in [0.05, 0.1) is 11.1 Å². The van der Waals surface area contributed by atoms with Gasteiger partial charge in [-0.25, -0.2) is 8.42 Å². The van der Waals surface area contributed by atoms with Crippen LogP contribution in [-0.2, 0) is 23.1 Å². The van der Waals surface area contributed by atoms with Crippen LogP contribution >= 0.6 is 0 Å². The van der Waals surface area contributed by atoms with Crippen LogP contribution in [0.1, 0.15) is 24.8 Å². The van der Waals surface area contributed by atoms with Gasteiger partial charge < -0.3 is 9.80 Å². The lowest BCUT2D eigenvalue weighted by Crippen LogP contribution is -2.47. The number of sulfonamides is 1. The molecule has 3 heterocycles. The number of piperazine rings is 1. The van der Waals surface area contributed by atoms with E-state index in [2.05, 4.69) is 63.2 Å². The van der Waals surface area contributed by atoms with Crippen LogP contribution in [0.15, 0.2) is 96.2 Å². The maximum atomic E-state index is 14.1. The van der Waals surface area contributed by atoms with E-state index in [9.17, 15) is 18.5 Å². The number of hydrogen-bond donors (Lipinski definition) is 0. The fourth-order valence-corrected chi connectivity index (χ4v) is 8.49. The normalized spacial score (nSPS) is 16.9. The Morgan fingerprint density at radius 2 is 1.55 bits per heavy atom. The lowest BCUT2D eigenvalue weighted by Gasteiger charge is -2.37. The predicted molar refractivity (Wildman–Crippen MR) is 184 cm³/mol. The van der Waals surface area contributed by atoms with E-state index >= 15 is 0 Å². The molecule has 0 amide bonds. The zero-order valence-electron chi connectivity index (χ0n) is 26.9. The first-order chi connectivity index (χ1) is 22.8. The van der Waals surface area contributed by atoms with E-state index in [1.165, 1.54) is 33.8 Å². The van der Waals surface area contributed by atoms with Crippen LogP contribution in [-0.4, -0.2) is 96.1 Å². The summed E-state index contributed by atoms with van der Waals surface area (Å²) in [5.41, 5.74) is 4.14. The minimum absolute atomic E-state index is 0.243. The Morgan fingerprint density at radius 1 is 0.872 bits per heavy atom. The predicted octanol–water partition coefficient (Wildman–Crippen LogP) is 4.96. The fraction of sp³-hybridized carbons (Fsp3) is 0.400. The highest BCUT2D eigenvalue weighted by Gasteiger charge is 2.37. The van der Waals surface area contributed by atoms with Crippen LogP contribution in [0, 0.1) is 10.1 Å². The zero-order chi connectivity index (χ0) is 32.8. The molecule has 2 aliphatic rings. The summed E-state index contributed by atoms with van der Waals surface area (Å²) in [4.78, 5) is 18.0. The summed E-state index contributed by atoms with van der Waals surface area (Å²) >= 11 is 0. The molecule has 11 nitrogen and oxygen atoms in total. The first-order valence-corrected chi connectivity index (χ1v) is 17.8. The topological polar surface area (TPSA) is 108 Å². The smallest absolute Gasteiger partial charge is 0.289 e. The number of benzene rings is 3. The molecule has 0 saturated carbocycles. The molecule has 47 heavy (non-hydrogen) atoms. The van der Waals surface area contributed by atoms with E-state index in [1.54, 1.807) is 6.07 Å². The van der Waals surface area contributed by atoms with Crippen molar-refractivity contribution in [2.75, 3.05) is 57.8 Å². The van der Waals surface area contributed by atoms with E-state index < -0.39 is 20.6 Å². The van der Waals surface area contributed by atoms with Crippen molar-refractivity contribution in [1.82, 2.24) is 23.9 Å². The number of anilines is 1. The highest BCUT2D eigenvalue weighted by Crippen LogP contribution is 2.31. The van der Waals surface area contributed by atoms with Crippen molar-refractivity contribution in [2.24, 2.45) is 0 Å². The van der Waals surface area contributed by atoms with Crippen LogP contribution in [0.25, 0.3) is 11.1 Å². The van der Waals surface area contributed by atoms with Crippen molar-refractivity contribution in [3.63, 3.8) is 0 Å². The molecule has 0 bridgehead atoms. The number of rotatable bonds is 12. The fourth-order valence-electron chi connectivity index (χ4n) is 6.61. The third kappa shape index (κ3) is 7.90. The van der Waals surface area contributed by atoms with Gasteiger partial charge in [0.25, 0.3) is 5.69 Å². The number of aryl methyl sites for hydroxylation is 1. The van der Waals surface area contributed by atoms with E-state index in [1.807, 2.05) is 35.3 Å². The largest absolute Gasteiger partial charge is 0.369 e. The van der Waals surface area contributed by atoms with Crippen LogP contribution < -0.4 is 4.90 Å². The Morgan fingerprint density at radius 3 is 2.26 bits per heavy atom. The van der Waals surface area contributed by atoms with Gasteiger partial charge in [-0.2, -0.15) is 9.40 Å². The highest BCUT2D eigenvalue weighted by atomic mass is 32.2. The highest BCUT2D eigenvalue weighted by molar-refractivity contribution is 7.89. The third-order valence-corrected chi connectivity index (χ3v) is 11.3. The second kappa shape index (κ2) is 14.8. The van der Waals surface area contributed by atoms with Crippen molar-refractivity contribution in [2.45, 2.75) is 43.3 Å². The number of aromatic nitrogens is 2. The molecular formula is C35H43N7O4S. The molecule has 2 fully saturated rings. The molecule has 0 atom stereocenters. The minimum atomic E-state index is -4.12. The second-order valence-corrected chi connectivity index (χ2v) is 14.4. The quantitative estimate of drug-likeness (QED) is 0.156. The van der Waals surface area contributed by atoms with Gasteiger partial charge in [0.1, 0.15) is 0 Å². The summed E-state index contributed by atoms with van der Waals surface area (Å²) in [6, 6.07) is 24.2. The number of likely N-dealkylation sites (tertiary alicyclic amines) is 1. The van der Waals surface area contributed by atoms with Gasteiger partial charge in [-0.3, -0.25) is 19.7 Å². The molecule has 2 saturated heterocycles. The van der Waals surface area contributed by atoms with Gasteiger partial charge in [0.2, 0.25) is 10.0 Å². The average molecular weight is 658 g/mol. The Balaban J connectivity index is 1.13. The first-order valence-electron chi connectivity index (χ1n) is 16.4. The Labute approximate surface area is 277 Å². The van der Waals surface area contributed by atoms with Gasteiger partial charge in [-0.15, -0.1) is 0 Å². The van der Waals surface area contributed by atoms with Crippen molar-refractivity contribution >= 4 is 21.4 Å². The maximum Gasteiger partial charge on any atom is 0.289 e. The lowest BCUT2D eigenvalue weighted by atomic mass is 10.0. The van der Waals surface area contributed by atoms with Gasteiger partial charge in [0.15, 0.2) is 4.90 Å². The van der Waals surface area contributed by atoms with E-state index in [-0.39, 0.29) is 17.5 Å². The number of hydrogen-bond acceptors (Lipinski definition) is 8. The van der Waals surface area contributed by atoms with Gasteiger partial charge in [0, 0.05) is 88.5 Å². The molecule has 1 aromatic heterocycles. The monoisotopic (exact) mass is 657 g/mol. The molecule has 248 valence electrons. The van der Waals surface area contributed by atoms with Crippen molar-refractivity contribution in [1.29, 1.82) is 0 Å². The molecule has 2 aliphatic heterocycles. The SMILES string of the molecule is CN1CCN(c2ccc(-c3cnn(CCCN(C4CCN(Cc5ccccc5)CC4)S(=O)(=O)c4ccccc4[N+](=O)[O-])c3)cc2)CC1. The number of nitrogens with zero attached hydrogens (tertiary/aromatic N) is 7. The molecule has 0 radical (unpaired) electrons. The molecule has 4 aromatic rings. The first kappa shape index (κ1) is 32.8. The minimum Gasteiger partial charge on any atom is -0.369 e. The third-order valence-electron chi connectivity index (χ3n) is 9.33. The van der Waals surface area contributed by atoms with E-state index in [0.29, 0.717) is 25.8 Å². The molecule has 12 heteroatoms. The number of nitro groups is 1. The summed E-state index contributed by atoms with van der Waals surface area (Å²) in [7, 11) is -1.97. The summed E-state index contributed by atoms with van der Waals surface area (Å²) in [6.07, 6.45) is 5.67. The van der Waals surface area contributed by atoms with E-state index in [0.717, 1.165) is 56.9 Å². The van der Waals surface area contributed by atoms with Crippen molar-refractivity contribution < 1.29 is 13.3 Å². The Bertz CT molecular complexity index is 1730. The van der Waals surface area contributed by atoms with E-state index in [4.69, 9.17) is 0 Å². The van der Waals surface area contributed by atoms with Gasteiger partial charge in [-0.05, 0) is 55.6 Å². The summed E-state index contributed by atoms with van der Waals surface area (Å²) in [6.45, 7) is 7.23. The molecular weight excluding hydrogens is 614 g/mol. The number of likely N-dealkylation sites (N-methyl/N-ethyl adjacent to an activating group) is 1. The van der Waals surface area contributed by atoms with Crippen LogP contribution in [0.3, 0.4) is 0 Å². The zero-order valence-corrected chi connectivity index (χ0v) is 27.7. The molecule has 6 rings (SSSR count). The second-order valence-electron chi connectivity index (χ2n) is 12.5. The van der Waals surface area contributed by atoms with Crippen LogP contribution in [0.2, 0.25) is 0 Å². The van der Waals surface area contributed by atoms with Crippen LogP contribution in [0.5, 0.6) is 0 Å². The summed E-state index contributed by atoms with van der Waals surface area (Å²) < 4.78 is 31.6. The average Bonchev–Trinajstić information content (AvgIpc) is 3.57. The Kier molecular flexibility index (Phi) is 10.3. The Hall–Kier alpha value is -4.10. The number of nitro benzene ring substituents is 1. The molecule has 0 aliphatic carbocycles. The molecule has 3 aromatic carbocycles.